The molecule has 2 heterocycles. The Morgan fingerprint density at radius 3 is 2.62 bits per heavy atom. The fraction of sp³-hybridized carbons (Fsp3) is 0.429. The molecule has 2 N–H and O–H groups in total. The Morgan fingerprint density at radius 1 is 1.10 bits per heavy atom. The number of nitrogens with one attached hydrogen (secondary N) is 2. The second-order valence-electron chi connectivity index (χ2n) is 6.83. The number of rotatable bonds is 9. The van der Waals surface area contributed by atoms with Crippen molar-refractivity contribution >= 4 is 23.4 Å². The molecular weight excluding hydrogens is 394 g/mol. The van der Waals surface area contributed by atoms with E-state index in [1.807, 2.05) is 24.3 Å². The zero-order valence-electron chi connectivity index (χ0n) is 16.2. The summed E-state index contributed by atoms with van der Waals surface area (Å²) in [6.45, 7) is 3.81. The number of hydrogen-bond acceptors (Lipinski definition) is 5. The number of halogens is 1. The van der Waals surface area contributed by atoms with Crippen LogP contribution in [0.1, 0.15) is 35.0 Å². The Balaban J connectivity index is 1.46. The Hall–Kier alpha value is -2.35. The lowest BCUT2D eigenvalue weighted by atomic mass is 10.0. The van der Waals surface area contributed by atoms with Crippen molar-refractivity contribution in [2.75, 3.05) is 39.4 Å². The van der Waals surface area contributed by atoms with Gasteiger partial charge in [-0.05, 0) is 30.2 Å². The molecule has 0 saturated carbocycles. The Morgan fingerprint density at radius 2 is 1.90 bits per heavy atom. The number of ether oxygens (including phenoxy) is 1. The summed E-state index contributed by atoms with van der Waals surface area (Å²) in [5.41, 5.74) is 1.00. The Kier molecular flexibility index (Phi) is 8.10. The third kappa shape index (κ3) is 6.32. The average Bonchev–Trinajstić information content (AvgIpc) is 3.28. The molecule has 8 heteroatoms. The van der Waals surface area contributed by atoms with Gasteiger partial charge in [0, 0.05) is 37.6 Å². The number of benzene rings is 1. The smallest absolute Gasteiger partial charge is 0.286 e. The standard InChI is InChI=1S/C21H26ClN3O4/c22-17-6-2-1-5-16(17)18(25-10-13-28-14-11-25)15-24-20(26)8-3-9-23-21(27)19-7-4-12-29-19/h1-2,4-7,12,18H,3,8-11,13-15H2,(H,23,27)(H,24,26). The van der Waals surface area contributed by atoms with Crippen LogP contribution in [0.5, 0.6) is 0 Å². The third-order valence-electron chi connectivity index (χ3n) is 4.85. The van der Waals surface area contributed by atoms with E-state index in [0.29, 0.717) is 44.2 Å². The van der Waals surface area contributed by atoms with E-state index in [1.54, 1.807) is 12.1 Å². The second kappa shape index (κ2) is 11.0. The fourth-order valence-electron chi connectivity index (χ4n) is 3.31. The van der Waals surface area contributed by atoms with Crippen molar-refractivity contribution in [3.63, 3.8) is 0 Å². The van der Waals surface area contributed by atoms with Crippen LogP contribution < -0.4 is 10.6 Å². The highest BCUT2D eigenvalue weighted by Crippen LogP contribution is 2.27. The molecule has 0 radical (unpaired) electrons. The number of carbonyl (C=O) groups excluding carboxylic acids is 2. The molecule has 29 heavy (non-hydrogen) atoms. The number of furan rings is 1. The lowest BCUT2D eigenvalue weighted by Gasteiger charge is -2.35. The normalized spacial score (nSPS) is 15.6. The van der Waals surface area contributed by atoms with E-state index in [-0.39, 0.29) is 23.6 Å². The van der Waals surface area contributed by atoms with Crippen LogP contribution in [0.15, 0.2) is 47.1 Å². The summed E-state index contributed by atoms with van der Waals surface area (Å²) in [6, 6.07) is 11.0. The van der Waals surface area contributed by atoms with Crippen LogP contribution in [0.4, 0.5) is 0 Å². The van der Waals surface area contributed by atoms with Gasteiger partial charge in [0.1, 0.15) is 0 Å². The lowest BCUT2D eigenvalue weighted by molar-refractivity contribution is -0.121. The maximum Gasteiger partial charge on any atom is 0.286 e. The van der Waals surface area contributed by atoms with Crippen LogP contribution in [0.3, 0.4) is 0 Å². The van der Waals surface area contributed by atoms with Crippen LogP contribution >= 0.6 is 11.6 Å². The highest BCUT2D eigenvalue weighted by atomic mass is 35.5. The molecule has 2 amide bonds. The maximum absolute atomic E-state index is 12.3. The predicted molar refractivity (Wildman–Crippen MR) is 110 cm³/mol. The van der Waals surface area contributed by atoms with Gasteiger partial charge in [-0.1, -0.05) is 29.8 Å². The van der Waals surface area contributed by atoms with E-state index in [1.165, 1.54) is 6.26 Å². The molecule has 1 unspecified atom stereocenters. The summed E-state index contributed by atoms with van der Waals surface area (Å²) in [5.74, 6) is -0.0633. The van der Waals surface area contributed by atoms with Crippen molar-refractivity contribution in [1.82, 2.24) is 15.5 Å². The molecule has 1 atom stereocenters. The minimum absolute atomic E-state index is 0.00444. The van der Waals surface area contributed by atoms with Gasteiger partial charge in [-0.2, -0.15) is 0 Å². The molecular formula is C21H26ClN3O4. The van der Waals surface area contributed by atoms with Crippen molar-refractivity contribution in [3.05, 3.63) is 59.0 Å². The van der Waals surface area contributed by atoms with E-state index >= 15 is 0 Å². The largest absolute Gasteiger partial charge is 0.459 e. The SMILES string of the molecule is O=C(CCCNC(=O)c1ccco1)NCC(c1ccccc1Cl)N1CCOCC1. The summed E-state index contributed by atoms with van der Waals surface area (Å²) >= 11 is 6.41. The van der Waals surface area contributed by atoms with E-state index in [0.717, 1.165) is 18.7 Å². The summed E-state index contributed by atoms with van der Waals surface area (Å²) < 4.78 is 10.5. The number of hydrogen-bond donors (Lipinski definition) is 2. The Bertz CT molecular complexity index is 791. The van der Waals surface area contributed by atoms with Gasteiger partial charge in [-0.25, -0.2) is 0 Å². The Labute approximate surface area is 175 Å². The average molecular weight is 420 g/mol. The third-order valence-corrected chi connectivity index (χ3v) is 5.20. The molecule has 1 aromatic heterocycles. The van der Waals surface area contributed by atoms with Gasteiger partial charge < -0.3 is 19.8 Å². The van der Waals surface area contributed by atoms with Crippen LogP contribution in [-0.2, 0) is 9.53 Å². The van der Waals surface area contributed by atoms with E-state index < -0.39 is 0 Å². The molecule has 1 aliphatic heterocycles. The molecule has 0 bridgehead atoms. The maximum atomic E-state index is 12.3. The summed E-state index contributed by atoms with van der Waals surface area (Å²) in [6.07, 6.45) is 2.33. The summed E-state index contributed by atoms with van der Waals surface area (Å²) in [4.78, 5) is 26.4. The number of carbonyl (C=O) groups is 2. The molecule has 1 aromatic carbocycles. The molecule has 1 saturated heterocycles. The first-order valence-corrected chi connectivity index (χ1v) is 10.2. The lowest BCUT2D eigenvalue weighted by Crippen LogP contribution is -2.44. The molecule has 156 valence electrons. The van der Waals surface area contributed by atoms with Crippen molar-refractivity contribution in [3.8, 4) is 0 Å². The van der Waals surface area contributed by atoms with Gasteiger partial charge >= 0.3 is 0 Å². The van der Waals surface area contributed by atoms with Crippen LogP contribution in [0, 0.1) is 0 Å². The molecule has 0 spiro atoms. The first-order chi connectivity index (χ1) is 14.1. The van der Waals surface area contributed by atoms with Crippen LogP contribution in [0.25, 0.3) is 0 Å². The van der Waals surface area contributed by atoms with Gasteiger partial charge in [-0.3, -0.25) is 14.5 Å². The highest BCUT2D eigenvalue weighted by molar-refractivity contribution is 6.31. The fourth-order valence-corrected chi connectivity index (χ4v) is 3.58. The minimum Gasteiger partial charge on any atom is -0.459 e. The summed E-state index contributed by atoms with van der Waals surface area (Å²) in [7, 11) is 0. The molecule has 3 rings (SSSR count). The monoisotopic (exact) mass is 419 g/mol. The minimum atomic E-state index is -0.276. The van der Waals surface area contributed by atoms with Gasteiger partial charge in [0.2, 0.25) is 5.91 Å². The van der Waals surface area contributed by atoms with Crippen LogP contribution in [0.2, 0.25) is 5.02 Å². The van der Waals surface area contributed by atoms with E-state index in [2.05, 4.69) is 15.5 Å². The van der Waals surface area contributed by atoms with Gasteiger partial charge in [0.25, 0.3) is 5.91 Å². The molecule has 0 aliphatic carbocycles. The first kappa shape index (κ1) is 21.4. The second-order valence-corrected chi connectivity index (χ2v) is 7.23. The molecule has 1 aliphatic rings. The molecule has 7 nitrogen and oxygen atoms in total. The quantitative estimate of drug-likeness (QED) is 0.610. The van der Waals surface area contributed by atoms with Gasteiger partial charge in [0.15, 0.2) is 5.76 Å². The topological polar surface area (TPSA) is 83.8 Å². The van der Waals surface area contributed by atoms with Gasteiger partial charge in [-0.15, -0.1) is 0 Å². The zero-order chi connectivity index (χ0) is 20.5. The predicted octanol–water partition coefficient (Wildman–Crippen LogP) is 2.63. The zero-order valence-corrected chi connectivity index (χ0v) is 17.0. The first-order valence-electron chi connectivity index (χ1n) is 9.80. The van der Waals surface area contributed by atoms with Crippen molar-refractivity contribution in [1.29, 1.82) is 0 Å². The summed E-state index contributed by atoms with van der Waals surface area (Å²) in [5, 5.41) is 6.44. The van der Waals surface area contributed by atoms with Crippen LogP contribution in [-0.4, -0.2) is 56.1 Å². The molecule has 2 aromatic rings. The number of morpholine rings is 1. The van der Waals surface area contributed by atoms with Crippen molar-refractivity contribution < 1.29 is 18.7 Å². The van der Waals surface area contributed by atoms with E-state index in [4.69, 9.17) is 20.8 Å². The van der Waals surface area contributed by atoms with Crippen molar-refractivity contribution in [2.24, 2.45) is 0 Å². The highest BCUT2D eigenvalue weighted by Gasteiger charge is 2.24. The van der Waals surface area contributed by atoms with E-state index in [9.17, 15) is 9.59 Å². The number of amides is 2. The molecule has 1 fully saturated rings. The van der Waals surface area contributed by atoms with Gasteiger partial charge in [0.05, 0.1) is 25.5 Å². The van der Waals surface area contributed by atoms with Crippen molar-refractivity contribution in [2.45, 2.75) is 18.9 Å². The number of nitrogens with zero attached hydrogens (tertiary/aromatic N) is 1.